The molecule has 2 N–H and O–H groups in total. The first-order chi connectivity index (χ1) is 6.07. The van der Waals surface area contributed by atoms with E-state index < -0.39 is 0 Å². The van der Waals surface area contributed by atoms with Crippen LogP contribution in [0.4, 0.5) is 0 Å². The van der Waals surface area contributed by atoms with Crippen molar-refractivity contribution in [2.75, 3.05) is 13.2 Å². The van der Waals surface area contributed by atoms with Gasteiger partial charge in [0, 0.05) is 0 Å². The SMILES string of the molecule is CCOC(=O)C(C)NCCC(C)O. The van der Waals surface area contributed by atoms with E-state index in [0.717, 1.165) is 0 Å². The molecule has 2 unspecified atom stereocenters. The lowest BCUT2D eigenvalue weighted by Gasteiger charge is -2.12. The van der Waals surface area contributed by atoms with E-state index in [2.05, 4.69) is 5.32 Å². The number of hydrogen-bond acceptors (Lipinski definition) is 4. The van der Waals surface area contributed by atoms with Gasteiger partial charge in [0.25, 0.3) is 0 Å². The van der Waals surface area contributed by atoms with Crippen molar-refractivity contribution in [1.29, 1.82) is 0 Å². The molecule has 0 heterocycles. The maximum absolute atomic E-state index is 11.1. The number of aliphatic hydroxyl groups excluding tert-OH is 1. The maximum atomic E-state index is 11.1. The van der Waals surface area contributed by atoms with Crippen LogP contribution in [0.2, 0.25) is 0 Å². The smallest absolute Gasteiger partial charge is 0.322 e. The van der Waals surface area contributed by atoms with E-state index in [-0.39, 0.29) is 18.1 Å². The normalized spacial score (nSPS) is 15.1. The van der Waals surface area contributed by atoms with E-state index >= 15 is 0 Å². The number of carbonyl (C=O) groups excluding carboxylic acids is 1. The summed E-state index contributed by atoms with van der Waals surface area (Å²) in [5, 5.41) is 11.9. The van der Waals surface area contributed by atoms with Crippen LogP contribution in [0.3, 0.4) is 0 Å². The number of nitrogens with one attached hydrogen (secondary N) is 1. The van der Waals surface area contributed by atoms with Crippen LogP contribution in [0, 0.1) is 0 Å². The molecule has 0 aromatic carbocycles. The van der Waals surface area contributed by atoms with Crippen LogP contribution in [0.25, 0.3) is 0 Å². The van der Waals surface area contributed by atoms with Gasteiger partial charge in [0.05, 0.1) is 12.7 Å². The predicted octanol–water partition coefficient (Wildman–Crippen LogP) is 0.299. The summed E-state index contributed by atoms with van der Waals surface area (Å²) in [6, 6.07) is -0.293. The van der Waals surface area contributed by atoms with Gasteiger partial charge < -0.3 is 15.2 Å². The van der Waals surface area contributed by atoms with Crippen molar-refractivity contribution in [2.45, 2.75) is 39.3 Å². The van der Waals surface area contributed by atoms with Gasteiger partial charge in [0.15, 0.2) is 0 Å². The van der Waals surface area contributed by atoms with Gasteiger partial charge in [-0.15, -0.1) is 0 Å². The summed E-state index contributed by atoms with van der Waals surface area (Å²) in [6.45, 7) is 6.27. The average Bonchev–Trinajstić information content (AvgIpc) is 2.04. The fourth-order valence-corrected chi connectivity index (χ4v) is 0.859. The Kier molecular flexibility index (Phi) is 6.54. The molecule has 0 radical (unpaired) electrons. The highest BCUT2D eigenvalue weighted by Gasteiger charge is 2.12. The monoisotopic (exact) mass is 189 g/mol. The first kappa shape index (κ1) is 12.4. The maximum Gasteiger partial charge on any atom is 0.322 e. The number of esters is 1. The number of ether oxygens (including phenoxy) is 1. The molecule has 0 fully saturated rings. The van der Waals surface area contributed by atoms with E-state index in [1.54, 1.807) is 20.8 Å². The summed E-state index contributed by atoms with van der Waals surface area (Å²) in [5.74, 6) is -0.243. The molecule has 4 heteroatoms. The van der Waals surface area contributed by atoms with Crippen LogP contribution >= 0.6 is 0 Å². The van der Waals surface area contributed by atoms with Gasteiger partial charge in [-0.3, -0.25) is 4.79 Å². The molecule has 0 spiro atoms. The van der Waals surface area contributed by atoms with Gasteiger partial charge in [-0.1, -0.05) is 0 Å². The molecule has 0 aromatic rings. The quantitative estimate of drug-likeness (QED) is 0.590. The highest BCUT2D eigenvalue weighted by atomic mass is 16.5. The Balaban J connectivity index is 3.49. The van der Waals surface area contributed by atoms with Crippen LogP contribution in [-0.2, 0) is 9.53 Å². The Morgan fingerprint density at radius 2 is 2.15 bits per heavy atom. The molecule has 78 valence electrons. The van der Waals surface area contributed by atoms with Crippen LogP contribution in [0.15, 0.2) is 0 Å². The van der Waals surface area contributed by atoms with Crippen molar-refractivity contribution in [3.63, 3.8) is 0 Å². The molecule has 0 saturated carbocycles. The summed E-state index contributed by atoms with van der Waals surface area (Å²) in [4.78, 5) is 11.1. The molecule has 2 atom stereocenters. The summed E-state index contributed by atoms with van der Waals surface area (Å²) in [7, 11) is 0. The largest absolute Gasteiger partial charge is 0.465 e. The lowest BCUT2D eigenvalue weighted by molar-refractivity contribution is -0.145. The number of aliphatic hydroxyl groups is 1. The standard InChI is InChI=1S/C9H19NO3/c1-4-13-9(12)8(3)10-6-5-7(2)11/h7-8,10-11H,4-6H2,1-3H3. The fraction of sp³-hybridized carbons (Fsp3) is 0.889. The highest BCUT2D eigenvalue weighted by molar-refractivity contribution is 5.75. The number of rotatable bonds is 6. The topological polar surface area (TPSA) is 58.6 Å². The Morgan fingerprint density at radius 3 is 2.62 bits per heavy atom. The third-order valence-electron chi connectivity index (χ3n) is 1.65. The summed E-state index contributed by atoms with van der Waals surface area (Å²) >= 11 is 0. The molecule has 0 bridgehead atoms. The van der Waals surface area contributed by atoms with E-state index in [4.69, 9.17) is 9.84 Å². The Labute approximate surface area is 79.3 Å². The Morgan fingerprint density at radius 1 is 1.54 bits per heavy atom. The van der Waals surface area contributed by atoms with Crippen molar-refractivity contribution < 1.29 is 14.6 Å². The summed E-state index contributed by atoms with van der Waals surface area (Å²) in [6.07, 6.45) is 0.311. The van der Waals surface area contributed by atoms with Crippen LogP contribution in [0.1, 0.15) is 27.2 Å². The molecule has 0 aliphatic heterocycles. The van der Waals surface area contributed by atoms with E-state index in [9.17, 15) is 4.79 Å². The molecule has 0 aromatic heterocycles. The molecule has 0 aliphatic rings. The van der Waals surface area contributed by atoms with Gasteiger partial charge in [-0.05, 0) is 33.7 Å². The van der Waals surface area contributed by atoms with Crippen molar-refractivity contribution in [3.05, 3.63) is 0 Å². The Hall–Kier alpha value is -0.610. The number of carbonyl (C=O) groups is 1. The van der Waals surface area contributed by atoms with E-state index in [1.165, 1.54) is 0 Å². The minimum atomic E-state index is -0.332. The summed E-state index contributed by atoms with van der Waals surface area (Å²) in [5.41, 5.74) is 0. The van der Waals surface area contributed by atoms with Crippen molar-refractivity contribution in [2.24, 2.45) is 0 Å². The third kappa shape index (κ3) is 6.54. The van der Waals surface area contributed by atoms with Crippen LogP contribution in [-0.4, -0.2) is 36.4 Å². The molecule has 0 saturated heterocycles. The zero-order valence-electron chi connectivity index (χ0n) is 8.54. The third-order valence-corrected chi connectivity index (χ3v) is 1.65. The fourth-order valence-electron chi connectivity index (χ4n) is 0.859. The molecule has 0 amide bonds. The van der Waals surface area contributed by atoms with Gasteiger partial charge in [-0.25, -0.2) is 0 Å². The molecular weight excluding hydrogens is 170 g/mol. The molecular formula is C9H19NO3. The molecule has 0 aliphatic carbocycles. The Bertz CT molecular complexity index is 148. The first-order valence-corrected chi connectivity index (χ1v) is 4.66. The molecule has 0 rings (SSSR count). The van der Waals surface area contributed by atoms with Crippen LogP contribution in [0.5, 0.6) is 0 Å². The van der Waals surface area contributed by atoms with Gasteiger partial charge in [0.1, 0.15) is 6.04 Å². The number of hydrogen-bond donors (Lipinski definition) is 2. The van der Waals surface area contributed by atoms with Crippen molar-refractivity contribution in [1.82, 2.24) is 5.32 Å². The van der Waals surface area contributed by atoms with Crippen LogP contribution < -0.4 is 5.32 Å². The zero-order valence-corrected chi connectivity index (χ0v) is 8.54. The predicted molar refractivity (Wildman–Crippen MR) is 50.4 cm³/mol. The van der Waals surface area contributed by atoms with Gasteiger partial charge in [-0.2, -0.15) is 0 Å². The molecule has 4 nitrogen and oxygen atoms in total. The second-order valence-electron chi connectivity index (χ2n) is 3.07. The van der Waals surface area contributed by atoms with Crippen molar-refractivity contribution in [3.8, 4) is 0 Å². The summed E-state index contributed by atoms with van der Waals surface area (Å²) < 4.78 is 4.80. The lowest BCUT2D eigenvalue weighted by Crippen LogP contribution is -2.36. The lowest BCUT2D eigenvalue weighted by atomic mass is 10.2. The van der Waals surface area contributed by atoms with Crippen molar-refractivity contribution >= 4 is 5.97 Å². The second-order valence-corrected chi connectivity index (χ2v) is 3.07. The minimum Gasteiger partial charge on any atom is -0.465 e. The first-order valence-electron chi connectivity index (χ1n) is 4.66. The zero-order chi connectivity index (χ0) is 10.3. The second kappa shape index (κ2) is 6.86. The van der Waals surface area contributed by atoms with E-state index in [0.29, 0.717) is 19.6 Å². The minimum absolute atomic E-state index is 0.243. The average molecular weight is 189 g/mol. The van der Waals surface area contributed by atoms with Gasteiger partial charge in [0.2, 0.25) is 0 Å². The van der Waals surface area contributed by atoms with Gasteiger partial charge >= 0.3 is 5.97 Å². The highest BCUT2D eigenvalue weighted by Crippen LogP contribution is 1.91. The van der Waals surface area contributed by atoms with E-state index in [1.807, 2.05) is 0 Å². The molecule has 13 heavy (non-hydrogen) atoms.